The van der Waals surface area contributed by atoms with Crippen LogP contribution in [0.25, 0.3) is 0 Å². The van der Waals surface area contributed by atoms with Crippen molar-refractivity contribution >= 4 is 44.8 Å². The van der Waals surface area contributed by atoms with E-state index in [1.54, 1.807) is 24.3 Å². The Morgan fingerprint density at radius 2 is 2.10 bits per heavy atom. The summed E-state index contributed by atoms with van der Waals surface area (Å²) in [4.78, 5) is 11.9. The van der Waals surface area contributed by atoms with Crippen LogP contribution in [0, 0.1) is 5.82 Å². The van der Waals surface area contributed by atoms with Crippen molar-refractivity contribution in [3.05, 3.63) is 57.3 Å². The number of nitrogen functional groups attached to an aromatic ring is 1. The van der Waals surface area contributed by atoms with Gasteiger partial charge in [0.25, 0.3) is 0 Å². The summed E-state index contributed by atoms with van der Waals surface area (Å²) in [5, 5.41) is 2.86. The van der Waals surface area contributed by atoms with E-state index in [4.69, 9.17) is 17.3 Å². The fourth-order valence-corrected chi connectivity index (χ4v) is 2.31. The molecule has 0 radical (unpaired) electrons. The van der Waals surface area contributed by atoms with Gasteiger partial charge in [0.1, 0.15) is 5.82 Å². The second-order valence-electron chi connectivity index (χ2n) is 4.16. The van der Waals surface area contributed by atoms with Crippen LogP contribution in [0.15, 0.2) is 40.9 Å². The molecule has 3 N–H and O–H groups in total. The molecule has 0 bridgehead atoms. The summed E-state index contributed by atoms with van der Waals surface area (Å²) in [6.45, 7) is 0. The molecule has 104 valence electrons. The van der Waals surface area contributed by atoms with Gasteiger partial charge in [0, 0.05) is 15.1 Å². The SMILES string of the molecule is Nc1cc(Br)ccc1NC(=O)Cc1c(F)cccc1Cl. The average molecular weight is 358 g/mol. The first-order valence-electron chi connectivity index (χ1n) is 5.75. The minimum Gasteiger partial charge on any atom is -0.397 e. The molecule has 0 aliphatic carbocycles. The Morgan fingerprint density at radius 1 is 1.35 bits per heavy atom. The van der Waals surface area contributed by atoms with Crippen LogP contribution in [-0.4, -0.2) is 5.91 Å². The lowest BCUT2D eigenvalue weighted by molar-refractivity contribution is -0.115. The maximum absolute atomic E-state index is 13.6. The van der Waals surface area contributed by atoms with Gasteiger partial charge in [0.05, 0.1) is 17.8 Å². The first kappa shape index (κ1) is 14.8. The fourth-order valence-electron chi connectivity index (χ4n) is 1.70. The minimum absolute atomic E-state index is 0.152. The molecule has 2 rings (SSSR count). The molecule has 20 heavy (non-hydrogen) atoms. The van der Waals surface area contributed by atoms with Crippen molar-refractivity contribution in [1.29, 1.82) is 0 Å². The van der Waals surface area contributed by atoms with Gasteiger partial charge < -0.3 is 11.1 Å². The number of amides is 1. The normalized spacial score (nSPS) is 10.3. The zero-order chi connectivity index (χ0) is 14.7. The number of rotatable bonds is 3. The molecule has 0 aliphatic rings. The lowest BCUT2D eigenvalue weighted by Gasteiger charge is -2.09. The largest absolute Gasteiger partial charge is 0.397 e. The first-order valence-corrected chi connectivity index (χ1v) is 6.92. The molecule has 0 aromatic heterocycles. The Labute approximate surface area is 129 Å². The van der Waals surface area contributed by atoms with Gasteiger partial charge in [0.2, 0.25) is 5.91 Å². The Kier molecular flexibility index (Phi) is 4.62. The standard InChI is InChI=1S/C14H11BrClFN2O/c15-8-4-5-13(12(18)6-8)19-14(20)7-9-10(16)2-1-3-11(9)17/h1-6H,7,18H2,(H,19,20). The van der Waals surface area contributed by atoms with Gasteiger partial charge in [0.15, 0.2) is 0 Å². The van der Waals surface area contributed by atoms with Crippen LogP contribution in [0.4, 0.5) is 15.8 Å². The van der Waals surface area contributed by atoms with Crippen molar-refractivity contribution in [2.24, 2.45) is 0 Å². The number of hydrogen-bond donors (Lipinski definition) is 2. The molecule has 0 fully saturated rings. The average Bonchev–Trinajstić information content (AvgIpc) is 2.37. The molecule has 0 heterocycles. The fraction of sp³-hybridized carbons (Fsp3) is 0.0714. The Hall–Kier alpha value is -1.59. The van der Waals surface area contributed by atoms with E-state index < -0.39 is 5.82 Å². The van der Waals surface area contributed by atoms with Crippen molar-refractivity contribution in [3.63, 3.8) is 0 Å². The van der Waals surface area contributed by atoms with Gasteiger partial charge in [-0.15, -0.1) is 0 Å². The summed E-state index contributed by atoms with van der Waals surface area (Å²) in [6.07, 6.45) is -0.152. The monoisotopic (exact) mass is 356 g/mol. The molecular weight excluding hydrogens is 347 g/mol. The van der Waals surface area contributed by atoms with E-state index in [2.05, 4.69) is 21.2 Å². The van der Waals surface area contributed by atoms with Crippen LogP contribution in [0.3, 0.4) is 0 Å². The number of carbonyl (C=O) groups excluding carboxylic acids is 1. The highest BCUT2D eigenvalue weighted by atomic mass is 79.9. The number of nitrogens with one attached hydrogen (secondary N) is 1. The first-order chi connectivity index (χ1) is 9.47. The highest BCUT2D eigenvalue weighted by Crippen LogP contribution is 2.24. The summed E-state index contributed by atoms with van der Waals surface area (Å²) in [5.41, 5.74) is 6.85. The van der Waals surface area contributed by atoms with E-state index in [1.165, 1.54) is 12.1 Å². The predicted octanol–water partition coefficient (Wildman–Crippen LogP) is 4.01. The molecule has 0 saturated heterocycles. The van der Waals surface area contributed by atoms with Crippen molar-refractivity contribution in [3.8, 4) is 0 Å². The van der Waals surface area contributed by atoms with Crippen LogP contribution in [0.1, 0.15) is 5.56 Å². The molecular formula is C14H11BrClFN2O. The number of halogens is 3. The number of anilines is 2. The second-order valence-corrected chi connectivity index (χ2v) is 5.48. The smallest absolute Gasteiger partial charge is 0.229 e. The molecule has 6 heteroatoms. The number of nitrogens with two attached hydrogens (primary N) is 1. The third kappa shape index (κ3) is 3.49. The van der Waals surface area contributed by atoms with Gasteiger partial charge >= 0.3 is 0 Å². The Bertz CT molecular complexity index is 643. The van der Waals surface area contributed by atoms with Crippen molar-refractivity contribution < 1.29 is 9.18 Å². The van der Waals surface area contributed by atoms with Crippen molar-refractivity contribution in [1.82, 2.24) is 0 Å². The van der Waals surface area contributed by atoms with Gasteiger partial charge in [-0.1, -0.05) is 33.6 Å². The van der Waals surface area contributed by atoms with E-state index >= 15 is 0 Å². The zero-order valence-electron chi connectivity index (χ0n) is 10.3. The zero-order valence-corrected chi connectivity index (χ0v) is 12.6. The van der Waals surface area contributed by atoms with Gasteiger partial charge in [-0.3, -0.25) is 4.79 Å². The Morgan fingerprint density at radius 3 is 2.75 bits per heavy atom. The van der Waals surface area contributed by atoms with E-state index in [0.29, 0.717) is 11.4 Å². The van der Waals surface area contributed by atoms with Crippen LogP contribution in [0.2, 0.25) is 5.02 Å². The molecule has 3 nitrogen and oxygen atoms in total. The molecule has 2 aromatic carbocycles. The number of carbonyl (C=O) groups is 1. The predicted molar refractivity (Wildman–Crippen MR) is 82.3 cm³/mol. The summed E-state index contributed by atoms with van der Waals surface area (Å²) in [5.74, 6) is -0.887. The molecule has 0 saturated carbocycles. The summed E-state index contributed by atoms with van der Waals surface area (Å²) in [7, 11) is 0. The third-order valence-corrected chi connectivity index (χ3v) is 3.53. The maximum atomic E-state index is 13.6. The van der Waals surface area contributed by atoms with Crippen molar-refractivity contribution in [2.45, 2.75) is 6.42 Å². The van der Waals surface area contributed by atoms with E-state index in [-0.39, 0.29) is 22.9 Å². The summed E-state index contributed by atoms with van der Waals surface area (Å²) < 4.78 is 14.4. The lowest BCUT2D eigenvalue weighted by atomic mass is 10.1. The number of benzene rings is 2. The second kappa shape index (κ2) is 6.24. The van der Waals surface area contributed by atoms with E-state index in [1.807, 2.05) is 0 Å². The minimum atomic E-state index is -0.503. The molecule has 0 unspecified atom stereocenters. The van der Waals surface area contributed by atoms with E-state index in [0.717, 1.165) is 4.47 Å². The van der Waals surface area contributed by atoms with Crippen LogP contribution >= 0.6 is 27.5 Å². The quantitative estimate of drug-likeness (QED) is 0.816. The van der Waals surface area contributed by atoms with Crippen LogP contribution < -0.4 is 11.1 Å². The highest BCUT2D eigenvalue weighted by molar-refractivity contribution is 9.10. The van der Waals surface area contributed by atoms with Crippen LogP contribution in [-0.2, 0) is 11.2 Å². The third-order valence-electron chi connectivity index (χ3n) is 2.69. The molecule has 0 aliphatic heterocycles. The van der Waals surface area contributed by atoms with Gasteiger partial charge in [-0.25, -0.2) is 4.39 Å². The summed E-state index contributed by atoms with van der Waals surface area (Å²) >= 11 is 9.15. The van der Waals surface area contributed by atoms with Gasteiger partial charge in [-0.2, -0.15) is 0 Å². The molecule has 0 spiro atoms. The topological polar surface area (TPSA) is 55.1 Å². The summed E-state index contributed by atoms with van der Waals surface area (Å²) in [6, 6.07) is 9.39. The molecule has 1 amide bonds. The van der Waals surface area contributed by atoms with Gasteiger partial charge in [-0.05, 0) is 30.3 Å². The lowest BCUT2D eigenvalue weighted by Crippen LogP contribution is -2.16. The van der Waals surface area contributed by atoms with E-state index in [9.17, 15) is 9.18 Å². The maximum Gasteiger partial charge on any atom is 0.229 e. The van der Waals surface area contributed by atoms with Crippen molar-refractivity contribution in [2.75, 3.05) is 11.1 Å². The molecule has 2 aromatic rings. The molecule has 0 atom stereocenters. The number of hydrogen-bond acceptors (Lipinski definition) is 2. The highest BCUT2D eigenvalue weighted by Gasteiger charge is 2.13. The van der Waals surface area contributed by atoms with Crippen LogP contribution in [0.5, 0.6) is 0 Å². The Balaban J connectivity index is 2.13.